The Labute approximate surface area is 64.2 Å². The smallest absolute Gasteiger partial charge is 0.293 e. The van der Waals surface area contributed by atoms with Crippen LogP contribution in [0.5, 0.6) is 0 Å². The fraction of sp³-hybridized carbons (Fsp3) is 0.286. The molecule has 1 aromatic heterocycles. The molecule has 0 aliphatic heterocycles. The minimum Gasteiger partial charge on any atom is -0.468 e. The molecule has 0 saturated carbocycles. The van der Waals surface area contributed by atoms with Gasteiger partial charge in [0.2, 0.25) is 0 Å². The third kappa shape index (κ3) is 6.57. The summed E-state index contributed by atoms with van der Waals surface area (Å²) in [6.07, 6.45) is 2.83. The first-order valence-corrected chi connectivity index (χ1v) is 3.14. The number of aromatic nitrogens is 1. The predicted octanol–water partition coefficient (Wildman–Crippen LogP) is 1.33. The number of halogens is 1. The van der Waals surface area contributed by atoms with Crippen LogP contribution in [0.1, 0.15) is 6.92 Å². The number of aromatic amines is 1. The van der Waals surface area contributed by atoms with Crippen LogP contribution in [0.25, 0.3) is 0 Å². The van der Waals surface area contributed by atoms with E-state index >= 15 is 0 Å². The van der Waals surface area contributed by atoms with E-state index in [2.05, 4.69) is 9.72 Å². The van der Waals surface area contributed by atoms with Crippen molar-refractivity contribution >= 4 is 6.47 Å². The van der Waals surface area contributed by atoms with E-state index in [4.69, 9.17) is 0 Å². The highest BCUT2D eigenvalue weighted by Gasteiger charge is 1.78. The van der Waals surface area contributed by atoms with Gasteiger partial charge in [0.15, 0.2) is 0 Å². The SMILES string of the molecule is CCOC=O.Fc1cc[nH]c1. The maximum absolute atomic E-state index is 11.6. The Bertz CT molecular complexity index is 175. The van der Waals surface area contributed by atoms with Crippen molar-refractivity contribution in [2.45, 2.75) is 6.92 Å². The van der Waals surface area contributed by atoms with Crippen LogP contribution in [0, 0.1) is 5.82 Å². The number of H-pyrrole nitrogens is 1. The van der Waals surface area contributed by atoms with Crippen LogP contribution in [0.15, 0.2) is 18.5 Å². The maximum Gasteiger partial charge on any atom is 0.293 e. The molecule has 0 aliphatic rings. The van der Waals surface area contributed by atoms with E-state index in [1.165, 1.54) is 18.5 Å². The van der Waals surface area contributed by atoms with Gasteiger partial charge in [0, 0.05) is 12.4 Å². The Hall–Kier alpha value is -1.32. The van der Waals surface area contributed by atoms with Gasteiger partial charge < -0.3 is 9.72 Å². The number of hydrogen-bond donors (Lipinski definition) is 1. The first-order chi connectivity index (χ1) is 5.31. The summed E-state index contributed by atoms with van der Waals surface area (Å²) in [4.78, 5) is 11.7. The number of carbonyl (C=O) groups excluding carboxylic acids is 1. The molecule has 0 saturated heterocycles. The molecule has 1 rings (SSSR count). The van der Waals surface area contributed by atoms with Crippen LogP contribution in [0.2, 0.25) is 0 Å². The van der Waals surface area contributed by atoms with Gasteiger partial charge in [0.25, 0.3) is 6.47 Å². The van der Waals surface area contributed by atoms with Crippen molar-refractivity contribution in [2.24, 2.45) is 0 Å². The minimum absolute atomic E-state index is 0.213. The third-order valence-corrected chi connectivity index (χ3v) is 0.795. The lowest BCUT2D eigenvalue weighted by atomic mass is 10.6. The molecule has 3 nitrogen and oxygen atoms in total. The molecular formula is C7H10FNO2. The molecule has 1 N–H and O–H groups in total. The van der Waals surface area contributed by atoms with E-state index in [9.17, 15) is 9.18 Å². The highest BCUT2D eigenvalue weighted by Crippen LogP contribution is 1.88. The van der Waals surface area contributed by atoms with E-state index in [0.717, 1.165) is 0 Å². The van der Waals surface area contributed by atoms with Crippen molar-refractivity contribution in [2.75, 3.05) is 6.61 Å². The van der Waals surface area contributed by atoms with Gasteiger partial charge >= 0.3 is 0 Å². The predicted molar refractivity (Wildman–Crippen MR) is 38.4 cm³/mol. The molecule has 0 radical (unpaired) electrons. The molecule has 0 spiro atoms. The van der Waals surface area contributed by atoms with Crippen molar-refractivity contribution in [1.82, 2.24) is 4.98 Å². The lowest BCUT2D eigenvalue weighted by Gasteiger charge is -1.79. The van der Waals surface area contributed by atoms with Crippen LogP contribution in [0.3, 0.4) is 0 Å². The Balaban J connectivity index is 0.000000187. The zero-order valence-electron chi connectivity index (χ0n) is 6.21. The average Bonchev–Trinajstić information content (AvgIpc) is 2.43. The highest BCUT2D eigenvalue weighted by molar-refractivity contribution is 5.36. The molecule has 0 bridgehead atoms. The fourth-order valence-electron chi connectivity index (χ4n) is 0.372. The Morgan fingerprint density at radius 1 is 1.82 bits per heavy atom. The zero-order valence-corrected chi connectivity index (χ0v) is 6.21. The molecule has 0 aliphatic carbocycles. The Morgan fingerprint density at radius 3 is 2.64 bits per heavy atom. The normalized spacial score (nSPS) is 7.82. The van der Waals surface area contributed by atoms with Gasteiger partial charge in [-0.2, -0.15) is 0 Å². The Morgan fingerprint density at radius 2 is 2.55 bits per heavy atom. The average molecular weight is 159 g/mol. The molecule has 4 heteroatoms. The molecule has 0 aromatic carbocycles. The zero-order chi connectivity index (χ0) is 8.53. The van der Waals surface area contributed by atoms with E-state index in [-0.39, 0.29) is 5.82 Å². The van der Waals surface area contributed by atoms with E-state index < -0.39 is 0 Å². The van der Waals surface area contributed by atoms with Crippen LogP contribution < -0.4 is 0 Å². The topological polar surface area (TPSA) is 42.1 Å². The van der Waals surface area contributed by atoms with E-state index in [1.807, 2.05) is 0 Å². The number of rotatable bonds is 2. The van der Waals surface area contributed by atoms with Gasteiger partial charge in [-0.05, 0) is 13.0 Å². The first kappa shape index (κ1) is 9.68. The van der Waals surface area contributed by atoms with Gasteiger partial charge in [0.05, 0.1) is 6.61 Å². The fourth-order valence-corrected chi connectivity index (χ4v) is 0.372. The number of nitrogens with one attached hydrogen (secondary N) is 1. The summed E-state index contributed by atoms with van der Waals surface area (Å²) in [6.45, 7) is 2.66. The molecule has 1 heterocycles. The second kappa shape index (κ2) is 6.80. The standard InChI is InChI=1S/C4H4FN.C3H6O2/c5-4-1-2-6-3-4;1-2-5-3-4/h1-3,6H;3H,2H2,1H3. The Kier molecular flexibility index (Phi) is 5.98. The second-order valence-electron chi connectivity index (χ2n) is 1.58. The summed E-state index contributed by atoms with van der Waals surface area (Å²) in [5.74, 6) is -0.213. The maximum atomic E-state index is 11.6. The van der Waals surface area contributed by atoms with Crippen LogP contribution in [-0.2, 0) is 9.53 Å². The molecular weight excluding hydrogens is 149 g/mol. The summed E-state index contributed by atoms with van der Waals surface area (Å²) in [7, 11) is 0. The molecule has 0 fully saturated rings. The van der Waals surface area contributed by atoms with Gasteiger partial charge in [-0.15, -0.1) is 0 Å². The van der Waals surface area contributed by atoms with Crippen molar-refractivity contribution < 1.29 is 13.9 Å². The van der Waals surface area contributed by atoms with Crippen molar-refractivity contribution in [1.29, 1.82) is 0 Å². The first-order valence-electron chi connectivity index (χ1n) is 3.14. The van der Waals surface area contributed by atoms with Crippen LogP contribution in [0.4, 0.5) is 4.39 Å². The molecule has 0 unspecified atom stereocenters. The summed E-state index contributed by atoms with van der Waals surface area (Å²) in [5.41, 5.74) is 0. The van der Waals surface area contributed by atoms with Crippen molar-refractivity contribution in [3.8, 4) is 0 Å². The number of ether oxygens (including phenoxy) is 1. The lowest BCUT2D eigenvalue weighted by molar-refractivity contribution is -0.128. The second-order valence-corrected chi connectivity index (χ2v) is 1.58. The highest BCUT2D eigenvalue weighted by atomic mass is 19.1. The largest absolute Gasteiger partial charge is 0.468 e. The van der Waals surface area contributed by atoms with Crippen molar-refractivity contribution in [3.05, 3.63) is 24.3 Å². The van der Waals surface area contributed by atoms with Crippen LogP contribution in [-0.4, -0.2) is 18.1 Å². The molecule has 1 aromatic rings. The summed E-state index contributed by atoms with van der Waals surface area (Å²) in [6, 6.07) is 1.36. The number of carbonyl (C=O) groups is 1. The van der Waals surface area contributed by atoms with Crippen LogP contribution >= 0.6 is 0 Å². The van der Waals surface area contributed by atoms with Crippen molar-refractivity contribution in [3.63, 3.8) is 0 Å². The molecule has 0 amide bonds. The van der Waals surface area contributed by atoms with Gasteiger partial charge in [-0.25, -0.2) is 4.39 Å². The lowest BCUT2D eigenvalue weighted by Crippen LogP contribution is -1.80. The minimum atomic E-state index is -0.213. The molecule has 11 heavy (non-hydrogen) atoms. The van der Waals surface area contributed by atoms with E-state index in [0.29, 0.717) is 13.1 Å². The number of hydrogen-bond acceptors (Lipinski definition) is 2. The van der Waals surface area contributed by atoms with Gasteiger partial charge in [-0.1, -0.05) is 0 Å². The summed E-state index contributed by atoms with van der Waals surface area (Å²) >= 11 is 0. The van der Waals surface area contributed by atoms with Gasteiger partial charge in [0.1, 0.15) is 5.82 Å². The monoisotopic (exact) mass is 159 g/mol. The quantitative estimate of drug-likeness (QED) is 0.661. The van der Waals surface area contributed by atoms with E-state index in [1.54, 1.807) is 6.92 Å². The van der Waals surface area contributed by atoms with Gasteiger partial charge in [-0.3, -0.25) is 4.79 Å². The molecule has 0 atom stereocenters. The summed E-state index contributed by atoms with van der Waals surface area (Å²) in [5, 5.41) is 0. The summed E-state index contributed by atoms with van der Waals surface area (Å²) < 4.78 is 15.8. The third-order valence-electron chi connectivity index (χ3n) is 0.795. The molecule has 62 valence electrons.